The van der Waals surface area contributed by atoms with E-state index in [1.807, 2.05) is 24.3 Å². The van der Waals surface area contributed by atoms with Crippen LogP contribution >= 0.6 is 22.6 Å². The lowest BCUT2D eigenvalue weighted by atomic mass is 9.97. The van der Waals surface area contributed by atoms with Gasteiger partial charge >= 0.3 is 0 Å². The van der Waals surface area contributed by atoms with E-state index in [1.54, 1.807) is 0 Å². The maximum Gasteiger partial charge on any atom is 0.228 e. The summed E-state index contributed by atoms with van der Waals surface area (Å²) in [5.41, 5.74) is 2.17. The second-order valence-corrected chi connectivity index (χ2v) is 5.59. The van der Waals surface area contributed by atoms with Gasteiger partial charge in [-0.15, -0.1) is 0 Å². The van der Waals surface area contributed by atoms with Crippen LogP contribution in [0.15, 0.2) is 35.9 Å². The molecule has 1 N–H and O–H groups in total. The molecule has 1 amide bonds. The second-order valence-electron chi connectivity index (χ2n) is 4.34. The Morgan fingerprint density at radius 3 is 2.65 bits per heavy atom. The highest BCUT2D eigenvalue weighted by Crippen LogP contribution is 2.20. The minimum absolute atomic E-state index is 0.0966. The Bertz CT molecular complexity index is 422. The number of carbonyl (C=O) groups is 1. The zero-order chi connectivity index (χ0) is 12.1. The smallest absolute Gasteiger partial charge is 0.228 e. The molecule has 1 aliphatic carbocycles. The van der Waals surface area contributed by atoms with E-state index in [0.717, 1.165) is 18.5 Å². The molecule has 0 spiro atoms. The molecule has 0 aliphatic heterocycles. The number of halogens is 1. The van der Waals surface area contributed by atoms with Crippen LogP contribution in [0.5, 0.6) is 0 Å². The van der Waals surface area contributed by atoms with E-state index in [-0.39, 0.29) is 5.91 Å². The van der Waals surface area contributed by atoms with Crippen molar-refractivity contribution in [2.75, 3.05) is 5.32 Å². The first-order valence-electron chi connectivity index (χ1n) is 5.97. The van der Waals surface area contributed by atoms with Gasteiger partial charge in [-0.2, -0.15) is 0 Å². The highest BCUT2D eigenvalue weighted by atomic mass is 127. The molecule has 0 unspecified atom stereocenters. The minimum atomic E-state index is 0.0966. The molecular weight excluding hydrogens is 325 g/mol. The van der Waals surface area contributed by atoms with Crippen LogP contribution in [0.1, 0.15) is 32.1 Å². The van der Waals surface area contributed by atoms with Crippen molar-refractivity contribution < 1.29 is 4.79 Å². The first kappa shape index (κ1) is 12.6. The predicted octanol–water partition coefficient (Wildman–Crippen LogP) is 4.12. The van der Waals surface area contributed by atoms with Crippen LogP contribution in [0.2, 0.25) is 0 Å². The molecule has 1 aromatic rings. The summed E-state index contributed by atoms with van der Waals surface area (Å²) in [6, 6.07) is 7.87. The summed E-state index contributed by atoms with van der Waals surface area (Å²) in [7, 11) is 0. The number of benzene rings is 1. The van der Waals surface area contributed by atoms with Crippen molar-refractivity contribution in [3.63, 3.8) is 0 Å². The third-order valence-electron chi connectivity index (χ3n) is 2.90. The molecule has 17 heavy (non-hydrogen) atoms. The van der Waals surface area contributed by atoms with E-state index in [0.29, 0.717) is 6.42 Å². The van der Waals surface area contributed by atoms with Gasteiger partial charge in [-0.1, -0.05) is 11.6 Å². The summed E-state index contributed by atoms with van der Waals surface area (Å²) in [5.74, 6) is 0.0966. The van der Waals surface area contributed by atoms with Gasteiger partial charge in [-0.25, -0.2) is 0 Å². The number of anilines is 1. The van der Waals surface area contributed by atoms with Gasteiger partial charge in [0.25, 0.3) is 0 Å². The SMILES string of the molecule is O=C(CC1=CCCCC1)Nc1ccc(I)cc1. The lowest BCUT2D eigenvalue weighted by Gasteiger charge is -2.12. The van der Waals surface area contributed by atoms with E-state index in [1.165, 1.54) is 22.0 Å². The number of amides is 1. The monoisotopic (exact) mass is 341 g/mol. The molecule has 0 aromatic heterocycles. The third-order valence-corrected chi connectivity index (χ3v) is 3.62. The van der Waals surface area contributed by atoms with Crippen molar-refractivity contribution in [1.29, 1.82) is 0 Å². The van der Waals surface area contributed by atoms with Crippen molar-refractivity contribution in [3.8, 4) is 0 Å². The maximum absolute atomic E-state index is 11.8. The highest BCUT2D eigenvalue weighted by molar-refractivity contribution is 14.1. The van der Waals surface area contributed by atoms with E-state index in [9.17, 15) is 4.79 Å². The van der Waals surface area contributed by atoms with Crippen LogP contribution in [0.3, 0.4) is 0 Å². The number of rotatable bonds is 3. The lowest BCUT2D eigenvalue weighted by molar-refractivity contribution is -0.115. The van der Waals surface area contributed by atoms with Crippen LogP contribution in [0.4, 0.5) is 5.69 Å². The number of carbonyl (C=O) groups excluding carboxylic acids is 1. The van der Waals surface area contributed by atoms with E-state index >= 15 is 0 Å². The van der Waals surface area contributed by atoms with E-state index in [2.05, 4.69) is 34.0 Å². The largest absolute Gasteiger partial charge is 0.326 e. The van der Waals surface area contributed by atoms with Crippen molar-refractivity contribution >= 4 is 34.2 Å². The van der Waals surface area contributed by atoms with Gasteiger partial charge in [-0.3, -0.25) is 4.79 Å². The summed E-state index contributed by atoms with van der Waals surface area (Å²) in [5, 5.41) is 2.93. The van der Waals surface area contributed by atoms with Gasteiger partial charge in [0.2, 0.25) is 5.91 Å². The van der Waals surface area contributed by atoms with Crippen molar-refractivity contribution in [3.05, 3.63) is 39.5 Å². The Morgan fingerprint density at radius 1 is 1.24 bits per heavy atom. The highest BCUT2D eigenvalue weighted by Gasteiger charge is 2.09. The molecule has 0 fully saturated rings. The Balaban J connectivity index is 1.88. The molecule has 0 saturated heterocycles. The normalized spacial score (nSPS) is 15.2. The molecule has 1 aliphatic rings. The Hall–Kier alpha value is -0.840. The van der Waals surface area contributed by atoms with Gasteiger partial charge in [-0.05, 0) is 72.5 Å². The number of hydrogen-bond donors (Lipinski definition) is 1. The Kier molecular flexibility index (Phi) is 4.59. The van der Waals surface area contributed by atoms with Gasteiger partial charge in [0.15, 0.2) is 0 Å². The van der Waals surface area contributed by atoms with Crippen molar-refractivity contribution in [1.82, 2.24) is 0 Å². The quantitative estimate of drug-likeness (QED) is 0.650. The average Bonchev–Trinajstić information content (AvgIpc) is 2.33. The first-order valence-corrected chi connectivity index (χ1v) is 7.05. The second kappa shape index (κ2) is 6.19. The van der Waals surface area contributed by atoms with Gasteiger partial charge in [0.05, 0.1) is 0 Å². The fourth-order valence-corrected chi connectivity index (χ4v) is 2.37. The molecule has 2 rings (SSSR count). The molecule has 1 aromatic carbocycles. The molecule has 90 valence electrons. The third kappa shape index (κ3) is 4.15. The van der Waals surface area contributed by atoms with Gasteiger partial charge in [0.1, 0.15) is 0 Å². The molecule has 2 nitrogen and oxygen atoms in total. The lowest BCUT2D eigenvalue weighted by Crippen LogP contribution is -2.12. The first-order chi connectivity index (χ1) is 8.24. The minimum Gasteiger partial charge on any atom is -0.326 e. The fraction of sp³-hybridized carbons (Fsp3) is 0.357. The topological polar surface area (TPSA) is 29.1 Å². The van der Waals surface area contributed by atoms with Gasteiger partial charge in [0, 0.05) is 15.7 Å². The average molecular weight is 341 g/mol. The zero-order valence-electron chi connectivity index (χ0n) is 9.71. The summed E-state index contributed by atoms with van der Waals surface area (Å²) in [6.45, 7) is 0. The van der Waals surface area contributed by atoms with Crippen LogP contribution in [-0.2, 0) is 4.79 Å². The number of hydrogen-bond acceptors (Lipinski definition) is 1. The van der Waals surface area contributed by atoms with E-state index in [4.69, 9.17) is 0 Å². The van der Waals surface area contributed by atoms with E-state index < -0.39 is 0 Å². The fourth-order valence-electron chi connectivity index (χ4n) is 2.01. The zero-order valence-corrected chi connectivity index (χ0v) is 11.9. The maximum atomic E-state index is 11.8. The summed E-state index contributed by atoms with van der Waals surface area (Å²) >= 11 is 2.25. The summed E-state index contributed by atoms with van der Waals surface area (Å²) in [4.78, 5) is 11.8. The van der Waals surface area contributed by atoms with Crippen LogP contribution < -0.4 is 5.32 Å². The molecular formula is C14H16INO. The van der Waals surface area contributed by atoms with Crippen molar-refractivity contribution in [2.45, 2.75) is 32.1 Å². The molecule has 0 heterocycles. The summed E-state index contributed by atoms with van der Waals surface area (Å²) < 4.78 is 1.18. The number of nitrogens with one attached hydrogen (secondary N) is 1. The molecule has 0 saturated carbocycles. The standard InChI is InChI=1S/C14H16INO/c15-12-6-8-13(9-7-12)16-14(17)10-11-4-2-1-3-5-11/h4,6-9H,1-3,5,10H2,(H,16,17). The summed E-state index contributed by atoms with van der Waals surface area (Å²) in [6.07, 6.45) is 7.47. The van der Waals surface area contributed by atoms with Crippen LogP contribution in [0, 0.1) is 3.57 Å². The molecule has 3 heteroatoms. The Labute approximate surface area is 116 Å². The van der Waals surface area contributed by atoms with Gasteiger partial charge < -0.3 is 5.32 Å². The Morgan fingerprint density at radius 2 is 2.00 bits per heavy atom. The van der Waals surface area contributed by atoms with Crippen LogP contribution in [0.25, 0.3) is 0 Å². The molecule has 0 radical (unpaired) electrons. The predicted molar refractivity (Wildman–Crippen MR) is 79.0 cm³/mol. The molecule has 0 atom stereocenters. The number of allylic oxidation sites excluding steroid dienone is 1. The van der Waals surface area contributed by atoms with Crippen LogP contribution in [-0.4, -0.2) is 5.91 Å². The molecule has 0 bridgehead atoms. The van der Waals surface area contributed by atoms with Crippen molar-refractivity contribution in [2.24, 2.45) is 0 Å².